The van der Waals surface area contributed by atoms with Crippen LogP contribution in [0, 0.1) is 0 Å². The summed E-state index contributed by atoms with van der Waals surface area (Å²) in [5, 5.41) is 2.16. The topological polar surface area (TPSA) is 101 Å². The average molecular weight is 404 g/mol. The van der Waals surface area contributed by atoms with Crippen LogP contribution >= 0.6 is 0 Å². The fourth-order valence-corrected chi connectivity index (χ4v) is 4.50. The van der Waals surface area contributed by atoms with Crippen molar-refractivity contribution in [2.45, 2.75) is 32.1 Å². The van der Waals surface area contributed by atoms with Crippen molar-refractivity contribution >= 4 is 22.7 Å². The Morgan fingerprint density at radius 2 is 1.93 bits per heavy atom. The van der Waals surface area contributed by atoms with Crippen LogP contribution < -0.4 is 11.3 Å². The van der Waals surface area contributed by atoms with E-state index >= 15 is 0 Å². The van der Waals surface area contributed by atoms with Crippen molar-refractivity contribution in [3.05, 3.63) is 69.5 Å². The zero-order chi connectivity index (χ0) is 21.0. The number of hydrogen-bond acceptors (Lipinski definition) is 6. The number of cyclic esters (lactones) is 1. The summed E-state index contributed by atoms with van der Waals surface area (Å²) >= 11 is 0. The van der Waals surface area contributed by atoms with Crippen LogP contribution in [0.2, 0.25) is 0 Å². The number of rotatable bonds is 3. The lowest BCUT2D eigenvalue weighted by Crippen LogP contribution is -2.48. The Morgan fingerprint density at radius 3 is 2.63 bits per heavy atom. The van der Waals surface area contributed by atoms with Gasteiger partial charge in [0.1, 0.15) is 6.61 Å². The largest absolute Gasteiger partial charge is 0.457 e. The van der Waals surface area contributed by atoms with Crippen molar-refractivity contribution in [2.75, 3.05) is 6.54 Å². The lowest BCUT2D eigenvalue weighted by Gasteiger charge is -2.35. The Morgan fingerprint density at radius 1 is 1.20 bits per heavy atom. The second-order valence-electron chi connectivity index (χ2n) is 7.60. The molecule has 1 aromatic heterocycles. The van der Waals surface area contributed by atoms with Gasteiger partial charge in [-0.15, -0.1) is 0 Å². The summed E-state index contributed by atoms with van der Waals surface area (Å²) in [7, 11) is 0. The molecule has 2 N–H and O–H groups in total. The molecule has 0 fully saturated rings. The number of carbonyl (C=O) groups is 2. The van der Waals surface area contributed by atoms with Crippen LogP contribution in [0.25, 0.3) is 22.0 Å². The number of nitrogens with zero attached hydrogens (tertiary/aromatic N) is 1. The first kappa shape index (κ1) is 18.6. The fourth-order valence-electron chi connectivity index (χ4n) is 4.50. The van der Waals surface area contributed by atoms with E-state index < -0.39 is 17.5 Å². The van der Waals surface area contributed by atoms with Crippen molar-refractivity contribution in [1.82, 2.24) is 4.57 Å². The highest BCUT2D eigenvalue weighted by Gasteiger charge is 2.50. The Hall–Kier alpha value is -3.45. The summed E-state index contributed by atoms with van der Waals surface area (Å²) < 4.78 is 12.5. The van der Waals surface area contributed by atoms with E-state index in [1.807, 2.05) is 24.3 Å². The normalized spacial score (nSPS) is 19.1. The third-order valence-corrected chi connectivity index (χ3v) is 6.04. The third-order valence-electron chi connectivity index (χ3n) is 6.04. The van der Waals surface area contributed by atoms with Gasteiger partial charge >= 0.3 is 11.9 Å². The van der Waals surface area contributed by atoms with Crippen LogP contribution in [-0.2, 0) is 37.8 Å². The Bertz CT molecular complexity index is 1290. The molecule has 3 aromatic rings. The van der Waals surface area contributed by atoms with E-state index in [0.717, 1.165) is 21.9 Å². The highest BCUT2D eigenvalue weighted by atomic mass is 16.6. The first-order valence-corrected chi connectivity index (χ1v) is 9.87. The summed E-state index contributed by atoms with van der Waals surface area (Å²) in [6, 6.07) is 13.9. The van der Waals surface area contributed by atoms with Crippen molar-refractivity contribution < 1.29 is 19.1 Å². The van der Waals surface area contributed by atoms with E-state index in [9.17, 15) is 14.4 Å². The lowest BCUT2D eigenvalue weighted by molar-refractivity contribution is -0.188. The summed E-state index contributed by atoms with van der Waals surface area (Å²) in [6.07, 6.45) is 0.137. The first-order valence-electron chi connectivity index (χ1n) is 9.87. The number of benzene rings is 2. The molecule has 2 aromatic carbocycles. The Labute approximate surface area is 172 Å². The molecule has 7 nitrogen and oxygen atoms in total. The van der Waals surface area contributed by atoms with Gasteiger partial charge in [0, 0.05) is 11.1 Å². The van der Waals surface area contributed by atoms with Gasteiger partial charge in [0.05, 0.1) is 24.3 Å². The van der Waals surface area contributed by atoms with Crippen molar-refractivity contribution in [2.24, 2.45) is 5.73 Å². The summed E-state index contributed by atoms with van der Waals surface area (Å²) in [5.74, 6) is -1.41. The van der Waals surface area contributed by atoms with Crippen LogP contribution in [0.3, 0.4) is 0 Å². The third kappa shape index (κ3) is 2.45. The Balaban J connectivity index is 1.77. The van der Waals surface area contributed by atoms with Gasteiger partial charge in [-0.05, 0) is 41.0 Å². The molecule has 0 saturated carbocycles. The maximum Gasteiger partial charge on any atom is 0.355 e. The van der Waals surface area contributed by atoms with Crippen molar-refractivity contribution in [3.63, 3.8) is 0 Å². The number of nitrogens with two attached hydrogens (primary N) is 1. The molecule has 2 aliphatic heterocycles. The van der Waals surface area contributed by atoms with Gasteiger partial charge in [0.15, 0.2) is 0 Å². The number of esters is 2. The molecule has 0 unspecified atom stereocenters. The zero-order valence-corrected chi connectivity index (χ0v) is 16.4. The molecule has 7 heteroatoms. The molecular weight excluding hydrogens is 384 g/mol. The molecule has 0 aliphatic carbocycles. The smallest absolute Gasteiger partial charge is 0.355 e. The predicted molar refractivity (Wildman–Crippen MR) is 110 cm³/mol. The van der Waals surface area contributed by atoms with Crippen LogP contribution in [0.4, 0.5) is 0 Å². The van der Waals surface area contributed by atoms with E-state index in [-0.39, 0.29) is 25.1 Å². The van der Waals surface area contributed by atoms with E-state index in [2.05, 4.69) is 12.1 Å². The van der Waals surface area contributed by atoms with E-state index in [1.54, 1.807) is 17.6 Å². The summed E-state index contributed by atoms with van der Waals surface area (Å²) in [6.45, 7) is 1.64. The van der Waals surface area contributed by atoms with Gasteiger partial charge in [0.2, 0.25) is 5.60 Å². The van der Waals surface area contributed by atoms with Crippen LogP contribution in [-0.4, -0.2) is 23.1 Å². The molecule has 3 heterocycles. The summed E-state index contributed by atoms with van der Waals surface area (Å²) in [4.78, 5) is 38.1. The molecule has 152 valence electrons. The first-order chi connectivity index (χ1) is 14.5. The molecule has 0 amide bonds. The highest BCUT2D eigenvalue weighted by molar-refractivity contribution is 5.91. The lowest BCUT2D eigenvalue weighted by atomic mass is 9.85. The van der Waals surface area contributed by atoms with Crippen LogP contribution in [0.15, 0.2) is 47.3 Å². The number of aromatic nitrogens is 1. The van der Waals surface area contributed by atoms with Gasteiger partial charge in [-0.3, -0.25) is 9.59 Å². The molecule has 1 atom stereocenters. The minimum atomic E-state index is -1.67. The SMILES string of the molecule is CC[C@@]1(OC(=O)CN)C(=O)OCc2c1cc1n(c2=O)Cc2cc3ccccc3cc2-1. The van der Waals surface area contributed by atoms with Gasteiger partial charge in [-0.1, -0.05) is 31.2 Å². The molecule has 0 bridgehead atoms. The fraction of sp³-hybridized carbons (Fsp3) is 0.261. The van der Waals surface area contributed by atoms with E-state index in [1.165, 1.54) is 0 Å². The Kier molecular flexibility index (Phi) is 4.04. The molecule has 5 rings (SSSR count). The molecule has 30 heavy (non-hydrogen) atoms. The van der Waals surface area contributed by atoms with Crippen LogP contribution in [0.5, 0.6) is 0 Å². The number of carbonyl (C=O) groups excluding carboxylic acids is 2. The minimum absolute atomic E-state index is 0.137. The van der Waals surface area contributed by atoms with E-state index in [0.29, 0.717) is 23.4 Å². The second kappa shape index (κ2) is 6.53. The predicted octanol–water partition coefficient (Wildman–Crippen LogP) is 2.19. The maximum atomic E-state index is 13.3. The molecule has 0 radical (unpaired) electrons. The molecule has 0 spiro atoms. The van der Waals surface area contributed by atoms with Gasteiger partial charge in [-0.25, -0.2) is 4.79 Å². The van der Waals surface area contributed by atoms with Gasteiger partial charge in [0.25, 0.3) is 5.56 Å². The zero-order valence-electron chi connectivity index (χ0n) is 16.4. The average Bonchev–Trinajstić information content (AvgIpc) is 3.12. The van der Waals surface area contributed by atoms with E-state index in [4.69, 9.17) is 15.2 Å². The number of fused-ring (bicyclic) bond motifs is 5. The number of pyridine rings is 1. The van der Waals surface area contributed by atoms with Crippen molar-refractivity contribution in [3.8, 4) is 11.3 Å². The van der Waals surface area contributed by atoms with Gasteiger partial charge in [-0.2, -0.15) is 0 Å². The molecule has 0 saturated heterocycles. The quantitative estimate of drug-likeness (QED) is 0.526. The second-order valence-corrected chi connectivity index (χ2v) is 7.60. The molecular formula is C23H20N2O5. The monoisotopic (exact) mass is 404 g/mol. The minimum Gasteiger partial charge on any atom is -0.457 e. The number of hydrogen-bond donors (Lipinski definition) is 1. The summed E-state index contributed by atoms with van der Waals surface area (Å²) in [5.41, 5.74) is 6.90. The highest BCUT2D eigenvalue weighted by Crippen LogP contribution is 2.41. The maximum absolute atomic E-state index is 13.3. The van der Waals surface area contributed by atoms with Crippen LogP contribution in [0.1, 0.15) is 30.0 Å². The van der Waals surface area contributed by atoms with Crippen molar-refractivity contribution in [1.29, 1.82) is 0 Å². The van der Waals surface area contributed by atoms with Gasteiger partial charge < -0.3 is 19.8 Å². The molecule has 2 aliphatic rings. The standard InChI is InChI=1S/C23H20N2O5/c1-2-23(30-20(26)10-24)18-9-19-16-8-14-6-4-3-5-13(14)7-15(16)11-25(19)21(27)17(18)12-29-22(23)28/h3-9H,2,10-12,24H2,1H3/t23-/m0/s1. The number of ether oxygens (including phenoxy) is 2.